The number of hydrogen-bond donors (Lipinski definition) is 1. The molecule has 162 valence electrons. The van der Waals surface area contributed by atoms with Crippen molar-refractivity contribution in [3.8, 4) is 22.7 Å². The van der Waals surface area contributed by atoms with Crippen molar-refractivity contribution in [3.63, 3.8) is 0 Å². The second-order valence-electron chi connectivity index (χ2n) is 7.08. The minimum Gasteiger partial charge on any atom is -0.497 e. The number of methoxy groups -OCH3 is 1. The van der Waals surface area contributed by atoms with Crippen molar-refractivity contribution in [2.45, 2.75) is 0 Å². The SMILES string of the molecule is COc1ccc(-c2noc3ncn(-c4ccc(C(=O)Nc5ccccn5)cc4)c(=O)c23)cc1. The van der Waals surface area contributed by atoms with E-state index in [4.69, 9.17) is 9.26 Å². The summed E-state index contributed by atoms with van der Waals surface area (Å²) >= 11 is 0. The molecule has 1 amide bonds. The van der Waals surface area contributed by atoms with Crippen LogP contribution in [0.25, 0.3) is 28.0 Å². The normalized spacial score (nSPS) is 10.8. The molecule has 5 aromatic rings. The van der Waals surface area contributed by atoms with Crippen LogP contribution in [-0.4, -0.2) is 32.7 Å². The van der Waals surface area contributed by atoms with E-state index in [0.717, 1.165) is 0 Å². The van der Waals surface area contributed by atoms with Gasteiger partial charge in [-0.25, -0.2) is 9.97 Å². The Morgan fingerprint density at radius 1 is 1.00 bits per heavy atom. The van der Waals surface area contributed by atoms with Crippen LogP contribution in [0, 0.1) is 0 Å². The van der Waals surface area contributed by atoms with Crippen molar-refractivity contribution in [1.29, 1.82) is 0 Å². The first-order valence-electron chi connectivity index (χ1n) is 9.98. The molecule has 0 spiro atoms. The van der Waals surface area contributed by atoms with Crippen LogP contribution >= 0.6 is 0 Å². The molecule has 1 N–H and O–H groups in total. The Bertz CT molecular complexity index is 1490. The minimum atomic E-state index is -0.335. The molecule has 0 fully saturated rings. The lowest BCUT2D eigenvalue weighted by Gasteiger charge is -2.07. The summed E-state index contributed by atoms with van der Waals surface area (Å²) in [5.74, 6) is 0.840. The molecule has 9 nitrogen and oxygen atoms in total. The summed E-state index contributed by atoms with van der Waals surface area (Å²) in [6, 6.07) is 19.0. The quantitative estimate of drug-likeness (QED) is 0.444. The number of hydrogen-bond acceptors (Lipinski definition) is 7. The van der Waals surface area contributed by atoms with E-state index in [0.29, 0.717) is 34.1 Å². The highest BCUT2D eigenvalue weighted by Gasteiger charge is 2.18. The molecular weight excluding hydrogens is 422 g/mol. The number of ether oxygens (including phenoxy) is 1. The zero-order valence-electron chi connectivity index (χ0n) is 17.4. The zero-order chi connectivity index (χ0) is 22.8. The molecule has 0 saturated carbocycles. The molecule has 9 heteroatoms. The molecule has 5 rings (SSSR count). The molecule has 3 heterocycles. The van der Waals surface area contributed by atoms with Crippen LogP contribution in [0.4, 0.5) is 5.82 Å². The van der Waals surface area contributed by atoms with Gasteiger partial charge in [-0.3, -0.25) is 14.2 Å². The molecule has 3 aromatic heterocycles. The summed E-state index contributed by atoms with van der Waals surface area (Å²) in [6.07, 6.45) is 2.97. The lowest BCUT2D eigenvalue weighted by Crippen LogP contribution is -2.19. The van der Waals surface area contributed by atoms with Crippen molar-refractivity contribution < 1.29 is 14.1 Å². The third-order valence-electron chi connectivity index (χ3n) is 5.07. The van der Waals surface area contributed by atoms with Gasteiger partial charge in [0, 0.05) is 17.3 Å². The van der Waals surface area contributed by atoms with E-state index in [-0.39, 0.29) is 22.6 Å². The van der Waals surface area contributed by atoms with Gasteiger partial charge in [0.15, 0.2) is 0 Å². The minimum absolute atomic E-state index is 0.147. The van der Waals surface area contributed by atoms with E-state index in [1.54, 1.807) is 80.0 Å². The number of carbonyl (C=O) groups is 1. The third-order valence-corrected chi connectivity index (χ3v) is 5.07. The molecule has 0 saturated heterocycles. The molecule has 0 bridgehead atoms. The fourth-order valence-electron chi connectivity index (χ4n) is 3.37. The molecule has 0 aliphatic rings. The number of nitrogens with zero attached hydrogens (tertiary/aromatic N) is 4. The second kappa shape index (κ2) is 8.39. The summed E-state index contributed by atoms with van der Waals surface area (Å²) in [4.78, 5) is 34.0. The maximum absolute atomic E-state index is 13.3. The predicted molar refractivity (Wildman–Crippen MR) is 122 cm³/mol. The molecule has 33 heavy (non-hydrogen) atoms. The van der Waals surface area contributed by atoms with Crippen LogP contribution in [0.5, 0.6) is 5.75 Å². The van der Waals surface area contributed by atoms with Gasteiger partial charge in [-0.15, -0.1) is 0 Å². The summed E-state index contributed by atoms with van der Waals surface area (Å²) < 4.78 is 11.8. The Balaban J connectivity index is 1.48. The fraction of sp³-hybridized carbons (Fsp3) is 0.0417. The van der Waals surface area contributed by atoms with Gasteiger partial charge >= 0.3 is 0 Å². The van der Waals surface area contributed by atoms with Gasteiger partial charge in [0.1, 0.15) is 29.0 Å². The molecule has 0 unspecified atom stereocenters. The Morgan fingerprint density at radius 3 is 2.48 bits per heavy atom. The van der Waals surface area contributed by atoms with E-state index in [9.17, 15) is 9.59 Å². The molecule has 0 aliphatic carbocycles. The van der Waals surface area contributed by atoms with Crippen LogP contribution in [0.3, 0.4) is 0 Å². The van der Waals surface area contributed by atoms with Gasteiger partial charge in [0.05, 0.1) is 12.8 Å². The number of nitrogens with one attached hydrogen (secondary N) is 1. The lowest BCUT2D eigenvalue weighted by atomic mass is 10.1. The Kier molecular flexibility index (Phi) is 5.12. The highest BCUT2D eigenvalue weighted by atomic mass is 16.5. The van der Waals surface area contributed by atoms with Crippen molar-refractivity contribution >= 4 is 22.8 Å². The van der Waals surface area contributed by atoms with Gasteiger partial charge in [-0.1, -0.05) is 11.2 Å². The summed E-state index contributed by atoms with van der Waals surface area (Å²) in [5, 5.41) is 7.03. The molecular formula is C24H17N5O4. The topological polar surface area (TPSA) is 112 Å². The van der Waals surface area contributed by atoms with E-state index in [2.05, 4.69) is 20.4 Å². The highest BCUT2D eigenvalue weighted by Crippen LogP contribution is 2.26. The average molecular weight is 439 g/mol. The Hall–Kier alpha value is -4.79. The van der Waals surface area contributed by atoms with Gasteiger partial charge in [-0.2, -0.15) is 0 Å². The molecule has 0 radical (unpaired) electrons. The summed E-state index contributed by atoms with van der Waals surface area (Å²) in [7, 11) is 1.58. The number of pyridine rings is 1. The number of anilines is 1. The average Bonchev–Trinajstić information content (AvgIpc) is 3.30. The van der Waals surface area contributed by atoms with Crippen LogP contribution in [0.2, 0.25) is 0 Å². The van der Waals surface area contributed by atoms with E-state index < -0.39 is 0 Å². The molecule has 2 aromatic carbocycles. The predicted octanol–water partition coefficient (Wildman–Crippen LogP) is 3.70. The van der Waals surface area contributed by atoms with Crippen LogP contribution in [-0.2, 0) is 0 Å². The number of benzene rings is 2. The molecule has 0 atom stereocenters. The number of rotatable bonds is 5. The Labute approximate surface area is 187 Å². The van der Waals surface area contributed by atoms with Crippen molar-refractivity contribution in [2.75, 3.05) is 12.4 Å². The maximum Gasteiger partial charge on any atom is 0.271 e. The number of carbonyl (C=O) groups excluding carboxylic acids is 1. The first-order chi connectivity index (χ1) is 16.1. The zero-order valence-corrected chi connectivity index (χ0v) is 17.4. The van der Waals surface area contributed by atoms with E-state index in [1.807, 2.05) is 0 Å². The third kappa shape index (κ3) is 3.83. The van der Waals surface area contributed by atoms with Crippen molar-refractivity contribution in [3.05, 3.63) is 95.2 Å². The van der Waals surface area contributed by atoms with Gasteiger partial charge in [0.25, 0.3) is 17.2 Å². The summed E-state index contributed by atoms with van der Waals surface area (Å²) in [6.45, 7) is 0. The number of amides is 1. The Morgan fingerprint density at radius 2 is 1.79 bits per heavy atom. The fourth-order valence-corrected chi connectivity index (χ4v) is 3.37. The highest BCUT2D eigenvalue weighted by molar-refractivity contribution is 6.03. The number of aromatic nitrogens is 4. The van der Waals surface area contributed by atoms with E-state index >= 15 is 0 Å². The van der Waals surface area contributed by atoms with Gasteiger partial charge < -0.3 is 14.6 Å². The van der Waals surface area contributed by atoms with Crippen molar-refractivity contribution in [1.82, 2.24) is 19.7 Å². The largest absolute Gasteiger partial charge is 0.497 e. The van der Waals surface area contributed by atoms with Gasteiger partial charge in [-0.05, 0) is 60.7 Å². The lowest BCUT2D eigenvalue weighted by molar-refractivity contribution is 0.102. The van der Waals surface area contributed by atoms with Gasteiger partial charge in [0.2, 0.25) is 0 Å². The summed E-state index contributed by atoms with van der Waals surface area (Å²) in [5.41, 5.74) is 1.88. The second-order valence-corrected chi connectivity index (χ2v) is 7.08. The standard InChI is InChI=1S/C24H17N5O4/c1-32-18-11-7-15(8-12-18)21-20-23(33-28-21)26-14-29(24(20)31)17-9-5-16(6-10-17)22(30)27-19-4-2-3-13-25-19/h2-14H,1H3,(H,25,27,30). The maximum atomic E-state index is 13.3. The monoisotopic (exact) mass is 439 g/mol. The smallest absolute Gasteiger partial charge is 0.271 e. The first-order valence-corrected chi connectivity index (χ1v) is 9.98. The van der Waals surface area contributed by atoms with E-state index in [1.165, 1.54) is 10.9 Å². The number of fused-ring (bicyclic) bond motifs is 1. The van der Waals surface area contributed by atoms with Crippen LogP contribution in [0.1, 0.15) is 10.4 Å². The van der Waals surface area contributed by atoms with Crippen LogP contribution in [0.15, 0.2) is 88.6 Å². The molecule has 0 aliphatic heterocycles. The van der Waals surface area contributed by atoms with Crippen LogP contribution < -0.4 is 15.6 Å². The first kappa shape index (κ1) is 20.1. The van der Waals surface area contributed by atoms with Crippen molar-refractivity contribution in [2.24, 2.45) is 0 Å².